The van der Waals surface area contributed by atoms with E-state index in [-0.39, 0.29) is 0 Å². The van der Waals surface area contributed by atoms with E-state index in [0.717, 1.165) is 32.9 Å². The maximum Gasteiger partial charge on any atom is 0.180 e. The van der Waals surface area contributed by atoms with Gasteiger partial charge in [-0.2, -0.15) is 5.10 Å². The third-order valence-electron chi connectivity index (χ3n) is 4.09. The highest BCUT2D eigenvalue weighted by Crippen LogP contribution is 2.23. The van der Waals surface area contributed by atoms with Crippen molar-refractivity contribution < 1.29 is 9.47 Å². The second-order valence-electron chi connectivity index (χ2n) is 6.27. The lowest BCUT2D eigenvalue weighted by Gasteiger charge is -2.11. The molecule has 3 aromatic rings. The average molecular weight is 484 g/mol. The highest BCUT2D eigenvalue weighted by Gasteiger charge is 2.06. The number of ether oxygens (including phenoxy) is 2. The summed E-state index contributed by atoms with van der Waals surface area (Å²) in [5.41, 5.74) is 8.93. The monoisotopic (exact) mass is 483 g/mol. The molecule has 0 saturated heterocycles. The quantitative estimate of drug-likeness (QED) is 0.256. The number of benzene rings is 3. The smallest absolute Gasteiger partial charge is 0.180 e. The Bertz CT molecular complexity index is 1030. The molecule has 0 atom stereocenters. The Hall–Kier alpha value is -2.77. The number of nitrogens with zero attached hydrogens (tertiary/aromatic N) is 2. The summed E-state index contributed by atoms with van der Waals surface area (Å²) in [6.07, 6.45) is 1.66. The van der Waals surface area contributed by atoms with E-state index in [1.165, 1.54) is 17.3 Å². The second-order valence-corrected chi connectivity index (χ2v) is 8.19. The molecule has 0 aliphatic carbocycles. The molecule has 0 radical (unpaired) electrons. The first-order valence-electron chi connectivity index (χ1n) is 9.22. The van der Waals surface area contributed by atoms with Crippen LogP contribution in [0.4, 0.5) is 0 Å². The van der Waals surface area contributed by atoms with Crippen LogP contribution in [-0.2, 0) is 12.4 Å². The minimum atomic E-state index is 0.375. The first-order chi connectivity index (χ1) is 14.6. The molecule has 0 unspecified atom stereocenters. The Morgan fingerprint density at radius 2 is 1.90 bits per heavy atom. The second kappa shape index (κ2) is 11.4. The molecule has 5 nitrogen and oxygen atoms in total. The molecule has 0 aromatic heterocycles. The van der Waals surface area contributed by atoms with E-state index in [9.17, 15) is 0 Å². The summed E-state index contributed by atoms with van der Waals surface area (Å²) >= 11 is 4.90. The molecule has 3 aromatic carbocycles. The largest absolute Gasteiger partial charge is 0.496 e. The highest BCUT2D eigenvalue weighted by molar-refractivity contribution is 9.10. The molecule has 0 saturated carbocycles. The molecule has 30 heavy (non-hydrogen) atoms. The maximum absolute atomic E-state index is 5.94. The maximum atomic E-state index is 5.94. The van der Waals surface area contributed by atoms with Gasteiger partial charge in [-0.15, -0.1) is 5.10 Å². The van der Waals surface area contributed by atoms with E-state index in [0.29, 0.717) is 11.8 Å². The van der Waals surface area contributed by atoms with E-state index in [4.69, 9.17) is 15.2 Å². The molecule has 154 valence electrons. The fourth-order valence-electron chi connectivity index (χ4n) is 2.62. The Labute approximate surface area is 189 Å². The van der Waals surface area contributed by atoms with Crippen molar-refractivity contribution in [2.24, 2.45) is 15.9 Å². The molecule has 0 aliphatic rings. The number of rotatable bonds is 8. The first-order valence-corrected chi connectivity index (χ1v) is 11.0. The molecule has 3 rings (SSSR count). The zero-order valence-corrected chi connectivity index (χ0v) is 18.9. The van der Waals surface area contributed by atoms with Crippen LogP contribution in [-0.4, -0.2) is 18.5 Å². The van der Waals surface area contributed by atoms with E-state index in [1.807, 2.05) is 60.7 Å². The lowest BCUT2D eigenvalue weighted by Crippen LogP contribution is -2.06. The molecule has 2 N–H and O–H groups in total. The zero-order chi connectivity index (χ0) is 21.2. The molecule has 0 spiro atoms. The van der Waals surface area contributed by atoms with Gasteiger partial charge in [0, 0.05) is 15.8 Å². The Morgan fingerprint density at radius 3 is 2.67 bits per heavy atom. The number of nitrogens with two attached hydrogens (primary N) is 1. The fraction of sp³-hybridized carbons (Fsp3) is 0.130. The number of amidine groups is 1. The van der Waals surface area contributed by atoms with Crippen LogP contribution in [0, 0.1) is 0 Å². The molecule has 0 bridgehead atoms. The fourth-order valence-corrected chi connectivity index (χ4v) is 3.61. The molecule has 0 aliphatic heterocycles. The van der Waals surface area contributed by atoms with Crippen molar-refractivity contribution >= 4 is 39.1 Å². The molecule has 0 heterocycles. The van der Waals surface area contributed by atoms with Gasteiger partial charge in [-0.3, -0.25) is 0 Å². The third kappa shape index (κ3) is 6.93. The standard InChI is InChI=1S/C23H22BrN3O2S/c1-28-22-11-10-18(12-19(22)15-29-21-9-5-8-20(24)13-21)14-26-27-23(25)30-16-17-6-3-2-4-7-17/h2-14H,15-16H2,1H3,(H2,25,27). The summed E-state index contributed by atoms with van der Waals surface area (Å²) in [5.74, 6) is 2.28. The van der Waals surface area contributed by atoms with E-state index in [1.54, 1.807) is 13.3 Å². The van der Waals surface area contributed by atoms with E-state index < -0.39 is 0 Å². The summed E-state index contributed by atoms with van der Waals surface area (Å²) in [6.45, 7) is 0.375. The van der Waals surface area contributed by atoms with Crippen molar-refractivity contribution in [3.05, 3.63) is 94.0 Å². The predicted octanol–water partition coefficient (Wildman–Crippen LogP) is 5.62. The molecular formula is C23H22BrN3O2S. The van der Waals surface area contributed by atoms with Crippen molar-refractivity contribution in [1.29, 1.82) is 0 Å². The lowest BCUT2D eigenvalue weighted by molar-refractivity contribution is 0.296. The SMILES string of the molecule is COc1ccc(C=NN=C(N)SCc2ccccc2)cc1COc1cccc(Br)c1. The van der Waals surface area contributed by atoms with Crippen LogP contribution < -0.4 is 15.2 Å². The van der Waals surface area contributed by atoms with Crippen LogP contribution in [0.3, 0.4) is 0 Å². The highest BCUT2D eigenvalue weighted by atomic mass is 79.9. The lowest BCUT2D eigenvalue weighted by atomic mass is 10.1. The predicted molar refractivity (Wildman–Crippen MR) is 128 cm³/mol. The zero-order valence-electron chi connectivity index (χ0n) is 16.5. The van der Waals surface area contributed by atoms with Crippen molar-refractivity contribution in [3.63, 3.8) is 0 Å². The summed E-state index contributed by atoms with van der Waals surface area (Å²) in [4.78, 5) is 0. The van der Waals surface area contributed by atoms with Crippen LogP contribution in [0.1, 0.15) is 16.7 Å². The summed E-state index contributed by atoms with van der Waals surface area (Å²) in [5, 5.41) is 8.60. The van der Waals surface area contributed by atoms with Crippen molar-refractivity contribution in [2.45, 2.75) is 12.4 Å². The van der Waals surface area contributed by atoms with Crippen molar-refractivity contribution in [3.8, 4) is 11.5 Å². The first kappa shape index (κ1) is 21.9. The van der Waals surface area contributed by atoms with Gasteiger partial charge in [0.2, 0.25) is 0 Å². The molecule has 0 fully saturated rings. The number of thioether (sulfide) groups is 1. The van der Waals surface area contributed by atoms with Crippen LogP contribution >= 0.6 is 27.7 Å². The average Bonchev–Trinajstić information content (AvgIpc) is 2.77. The van der Waals surface area contributed by atoms with Crippen LogP contribution in [0.25, 0.3) is 0 Å². The van der Waals surface area contributed by atoms with E-state index >= 15 is 0 Å². The van der Waals surface area contributed by atoms with Gasteiger partial charge in [-0.05, 0) is 47.5 Å². The summed E-state index contributed by atoms with van der Waals surface area (Å²) < 4.78 is 12.3. The normalized spacial score (nSPS) is 11.6. The van der Waals surface area contributed by atoms with Crippen LogP contribution in [0.15, 0.2) is 87.5 Å². The Morgan fingerprint density at radius 1 is 1.07 bits per heavy atom. The number of methoxy groups -OCH3 is 1. The summed E-state index contributed by atoms with van der Waals surface area (Å²) in [6, 6.07) is 23.6. The van der Waals surface area contributed by atoms with Gasteiger partial charge in [-0.1, -0.05) is 64.1 Å². The number of halogens is 1. The number of hydrogen-bond donors (Lipinski definition) is 1. The minimum Gasteiger partial charge on any atom is -0.496 e. The molecular weight excluding hydrogens is 462 g/mol. The Balaban J connectivity index is 1.61. The van der Waals surface area contributed by atoms with Gasteiger partial charge >= 0.3 is 0 Å². The topological polar surface area (TPSA) is 69.2 Å². The van der Waals surface area contributed by atoms with Gasteiger partial charge in [0.25, 0.3) is 0 Å². The van der Waals surface area contributed by atoms with Crippen LogP contribution in [0.2, 0.25) is 0 Å². The minimum absolute atomic E-state index is 0.375. The Kier molecular flexibility index (Phi) is 8.35. The van der Waals surface area contributed by atoms with Gasteiger partial charge in [0.15, 0.2) is 5.17 Å². The van der Waals surface area contributed by atoms with Crippen molar-refractivity contribution in [2.75, 3.05) is 7.11 Å². The number of hydrogen-bond acceptors (Lipinski definition) is 5. The van der Waals surface area contributed by atoms with E-state index in [2.05, 4.69) is 38.3 Å². The third-order valence-corrected chi connectivity index (χ3v) is 5.44. The van der Waals surface area contributed by atoms with Crippen molar-refractivity contribution in [1.82, 2.24) is 0 Å². The van der Waals surface area contributed by atoms with Crippen LogP contribution in [0.5, 0.6) is 11.5 Å². The molecule has 0 amide bonds. The van der Waals surface area contributed by atoms with Gasteiger partial charge in [-0.25, -0.2) is 0 Å². The van der Waals surface area contributed by atoms with Gasteiger partial charge in [0.1, 0.15) is 18.1 Å². The van der Waals surface area contributed by atoms with Gasteiger partial charge < -0.3 is 15.2 Å². The summed E-state index contributed by atoms with van der Waals surface area (Å²) in [7, 11) is 1.64. The molecule has 7 heteroatoms. The van der Waals surface area contributed by atoms with Gasteiger partial charge in [0.05, 0.1) is 13.3 Å².